The fourth-order valence-electron chi connectivity index (χ4n) is 6.06. The number of hydrogen-bond donors (Lipinski definition) is 1. The van der Waals surface area contributed by atoms with Crippen LogP contribution < -0.4 is 15.0 Å². The van der Waals surface area contributed by atoms with E-state index in [0.717, 1.165) is 42.4 Å². The Hall–Kier alpha value is -4.10. The third kappa shape index (κ3) is 7.65. The second-order valence-electron chi connectivity index (χ2n) is 12.2. The number of likely N-dealkylation sites (tertiary alicyclic amines) is 1. The van der Waals surface area contributed by atoms with Crippen molar-refractivity contribution in [2.24, 2.45) is 5.92 Å². The average Bonchev–Trinajstić information content (AvgIpc) is 3.61. The molecule has 2 bridgehead atoms. The molecule has 4 atom stereocenters. The number of nitriles is 1. The lowest BCUT2D eigenvalue weighted by Crippen LogP contribution is -2.55. The molecule has 43 heavy (non-hydrogen) atoms. The number of anilines is 1. The van der Waals surface area contributed by atoms with Crippen molar-refractivity contribution in [1.82, 2.24) is 10.2 Å². The monoisotopic (exact) mass is 590 g/mol. The highest BCUT2D eigenvalue weighted by Gasteiger charge is 2.52. The smallest absolute Gasteiger partial charge is 0.411 e. The van der Waals surface area contributed by atoms with E-state index in [1.807, 2.05) is 63.2 Å². The molecule has 2 aromatic carbocycles. The molecule has 3 amide bonds. The van der Waals surface area contributed by atoms with Crippen LogP contribution in [0.3, 0.4) is 0 Å². The van der Waals surface area contributed by atoms with Gasteiger partial charge in [0.2, 0.25) is 12.3 Å². The van der Waals surface area contributed by atoms with Gasteiger partial charge >= 0.3 is 6.09 Å². The van der Waals surface area contributed by atoms with Crippen molar-refractivity contribution in [3.05, 3.63) is 48.0 Å². The van der Waals surface area contributed by atoms with Crippen LogP contribution >= 0.6 is 0 Å². The van der Waals surface area contributed by atoms with Crippen molar-refractivity contribution < 1.29 is 28.6 Å². The SMILES string of the molecule is COCCCN(C=O)c1cc(-c2ccc(CC(C#N)NC(=O)C3C4CCC(C4)N3C(=O)OC(C)(C)C)cc2)ccc1OC. The summed E-state index contributed by atoms with van der Waals surface area (Å²) in [4.78, 5) is 41.4. The van der Waals surface area contributed by atoms with Gasteiger partial charge in [-0.05, 0) is 81.2 Å². The fourth-order valence-corrected chi connectivity index (χ4v) is 6.06. The predicted molar refractivity (Wildman–Crippen MR) is 163 cm³/mol. The van der Waals surface area contributed by atoms with E-state index >= 15 is 0 Å². The zero-order valence-electron chi connectivity index (χ0n) is 25.7. The quantitative estimate of drug-likeness (QED) is 0.281. The first-order chi connectivity index (χ1) is 20.6. The van der Waals surface area contributed by atoms with Gasteiger partial charge in [-0.2, -0.15) is 5.26 Å². The number of piperidine rings is 1. The van der Waals surface area contributed by atoms with E-state index in [1.54, 1.807) is 24.0 Å². The maximum Gasteiger partial charge on any atom is 0.411 e. The van der Waals surface area contributed by atoms with Crippen molar-refractivity contribution >= 4 is 24.1 Å². The molecule has 1 N–H and O–H groups in total. The Bertz CT molecular complexity index is 1330. The molecular formula is C33H42N4O6. The van der Waals surface area contributed by atoms with Gasteiger partial charge in [0.15, 0.2) is 0 Å². The zero-order chi connectivity index (χ0) is 31.1. The zero-order valence-corrected chi connectivity index (χ0v) is 25.7. The summed E-state index contributed by atoms with van der Waals surface area (Å²) < 4.78 is 16.2. The van der Waals surface area contributed by atoms with E-state index in [1.165, 1.54) is 0 Å². The minimum atomic E-state index is -0.751. The molecule has 230 valence electrons. The Morgan fingerprint density at radius 3 is 2.49 bits per heavy atom. The Morgan fingerprint density at radius 2 is 1.86 bits per heavy atom. The Balaban J connectivity index is 1.44. The number of nitrogens with one attached hydrogen (secondary N) is 1. The van der Waals surface area contributed by atoms with E-state index in [2.05, 4.69) is 11.4 Å². The molecule has 0 spiro atoms. The first-order valence-electron chi connectivity index (χ1n) is 14.8. The van der Waals surface area contributed by atoms with Crippen molar-refractivity contribution in [1.29, 1.82) is 5.26 Å². The Labute approximate surface area is 253 Å². The number of fused-ring (bicyclic) bond motifs is 2. The standard InChI is InChI=1S/C33H42N4O6/c1-33(2,3)43-32(40)37-27-13-11-25(18-27)30(37)31(39)35-26(20-34)17-22-7-9-23(10-8-22)24-12-14-29(42-5)28(19-24)36(21-38)15-6-16-41-4/h7-10,12,14,19,21,25-27,30H,6,11,13,15-18H2,1-5H3,(H,35,39). The number of hydrogen-bond acceptors (Lipinski definition) is 7. The summed E-state index contributed by atoms with van der Waals surface area (Å²) in [6.07, 6.45) is 3.85. The number of nitrogens with zero attached hydrogens (tertiary/aromatic N) is 3. The van der Waals surface area contributed by atoms with Crippen LogP contribution in [-0.2, 0) is 25.5 Å². The number of amides is 3. The highest BCUT2D eigenvalue weighted by Crippen LogP contribution is 2.43. The van der Waals surface area contributed by atoms with Crippen LogP contribution in [-0.4, -0.2) is 74.4 Å². The van der Waals surface area contributed by atoms with E-state index in [-0.39, 0.29) is 17.9 Å². The van der Waals surface area contributed by atoms with E-state index in [0.29, 0.717) is 37.4 Å². The maximum absolute atomic E-state index is 13.4. The minimum Gasteiger partial charge on any atom is -0.495 e. The Kier molecular flexibility index (Phi) is 10.3. The third-order valence-corrected chi connectivity index (χ3v) is 8.02. The molecule has 2 fully saturated rings. The molecule has 1 saturated carbocycles. The summed E-state index contributed by atoms with van der Waals surface area (Å²) in [5.74, 6) is 0.357. The van der Waals surface area contributed by atoms with Crippen LogP contribution in [0.25, 0.3) is 11.1 Å². The number of ether oxygens (including phenoxy) is 3. The molecule has 4 unspecified atom stereocenters. The fraction of sp³-hybridized carbons (Fsp3) is 0.515. The van der Waals surface area contributed by atoms with Crippen molar-refractivity contribution in [2.75, 3.05) is 32.3 Å². The van der Waals surface area contributed by atoms with Gasteiger partial charge in [-0.25, -0.2) is 4.79 Å². The van der Waals surface area contributed by atoms with Crippen LogP contribution in [0.4, 0.5) is 10.5 Å². The second kappa shape index (κ2) is 13.9. The summed E-state index contributed by atoms with van der Waals surface area (Å²) in [7, 11) is 3.20. The number of benzene rings is 2. The second-order valence-corrected chi connectivity index (χ2v) is 12.2. The molecule has 0 aromatic heterocycles. The van der Waals surface area contributed by atoms with Crippen LogP contribution in [0.15, 0.2) is 42.5 Å². The molecule has 10 nitrogen and oxygen atoms in total. The molecular weight excluding hydrogens is 548 g/mol. The number of methoxy groups -OCH3 is 2. The van der Waals surface area contributed by atoms with Gasteiger partial charge in [0.1, 0.15) is 23.4 Å². The maximum atomic E-state index is 13.4. The van der Waals surface area contributed by atoms with E-state index in [4.69, 9.17) is 14.2 Å². The van der Waals surface area contributed by atoms with Gasteiger partial charge in [0.25, 0.3) is 0 Å². The highest BCUT2D eigenvalue weighted by atomic mass is 16.6. The number of carbonyl (C=O) groups is 3. The molecule has 2 aliphatic rings. The van der Waals surface area contributed by atoms with E-state index in [9.17, 15) is 19.6 Å². The van der Waals surface area contributed by atoms with Gasteiger partial charge in [-0.3, -0.25) is 14.5 Å². The lowest BCUT2D eigenvalue weighted by Gasteiger charge is -2.35. The Morgan fingerprint density at radius 1 is 1.14 bits per heavy atom. The topological polar surface area (TPSA) is 121 Å². The lowest BCUT2D eigenvalue weighted by atomic mass is 9.97. The molecule has 1 aliphatic heterocycles. The molecule has 10 heteroatoms. The molecule has 1 saturated heterocycles. The largest absolute Gasteiger partial charge is 0.495 e. The van der Waals surface area contributed by atoms with Gasteiger partial charge in [-0.15, -0.1) is 0 Å². The minimum absolute atomic E-state index is 0.00822. The van der Waals surface area contributed by atoms with Crippen molar-refractivity contribution in [2.45, 2.75) is 76.6 Å². The van der Waals surface area contributed by atoms with Crippen LogP contribution in [0.5, 0.6) is 5.75 Å². The number of carbonyl (C=O) groups excluding carboxylic acids is 3. The third-order valence-electron chi connectivity index (χ3n) is 8.02. The highest BCUT2D eigenvalue weighted by molar-refractivity contribution is 5.88. The summed E-state index contributed by atoms with van der Waals surface area (Å²) in [6.45, 7) is 6.46. The summed E-state index contributed by atoms with van der Waals surface area (Å²) in [5.41, 5.74) is 2.73. The summed E-state index contributed by atoms with van der Waals surface area (Å²) in [6, 6.07) is 14.3. The summed E-state index contributed by atoms with van der Waals surface area (Å²) >= 11 is 0. The molecule has 1 heterocycles. The lowest BCUT2D eigenvalue weighted by molar-refractivity contribution is -0.128. The molecule has 1 aliphatic carbocycles. The van der Waals surface area contributed by atoms with Crippen LogP contribution in [0.1, 0.15) is 52.0 Å². The first-order valence-corrected chi connectivity index (χ1v) is 14.8. The van der Waals surface area contributed by atoms with Gasteiger partial charge < -0.3 is 24.4 Å². The molecule has 0 radical (unpaired) electrons. The first kappa shape index (κ1) is 31.8. The van der Waals surface area contributed by atoms with Gasteiger partial charge in [-0.1, -0.05) is 30.3 Å². The molecule has 2 aromatic rings. The van der Waals surface area contributed by atoms with Crippen molar-refractivity contribution in [3.63, 3.8) is 0 Å². The van der Waals surface area contributed by atoms with Crippen molar-refractivity contribution in [3.8, 4) is 22.9 Å². The van der Waals surface area contributed by atoms with Gasteiger partial charge in [0, 0.05) is 32.7 Å². The van der Waals surface area contributed by atoms with Gasteiger partial charge in [0.05, 0.1) is 18.9 Å². The van der Waals surface area contributed by atoms with Crippen LogP contribution in [0, 0.1) is 17.2 Å². The van der Waals surface area contributed by atoms with E-state index < -0.39 is 23.8 Å². The average molecular weight is 591 g/mol. The number of rotatable bonds is 12. The summed E-state index contributed by atoms with van der Waals surface area (Å²) in [5, 5.41) is 12.8. The normalized spacial score (nSPS) is 19.8. The predicted octanol–water partition coefficient (Wildman–Crippen LogP) is 4.70. The van der Waals surface area contributed by atoms with Crippen LogP contribution in [0.2, 0.25) is 0 Å². The molecule has 4 rings (SSSR count).